The fourth-order valence-electron chi connectivity index (χ4n) is 2.65. The number of hydrogen-bond donors (Lipinski definition) is 2. The molecule has 1 aliphatic heterocycles. The van der Waals surface area contributed by atoms with Crippen LogP contribution in [0, 0.1) is 17.6 Å². The first-order valence-corrected chi connectivity index (χ1v) is 7.61. The number of hydrogen-bond acceptors (Lipinski definition) is 3. The Morgan fingerprint density at radius 1 is 1.43 bits per heavy atom. The molecule has 0 bridgehead atoms. The number of nitrogens with one attached hydrogen (secondary N) is 1. The summed E-state index contributed by atoms with van der Waals surface area (Å²) >= 11 is 0. The van der Waals surface area contributed by atoms with Gasteiger partial charge in [0.05, 0.1) is 0 Å². The van der Waals surface area contributed by atoms with Crippen LogP contribution in [0.25, 0.3) is 0 Å². The Labute approximate surface area is 133 Å². The standard InChI is InChI=1S/C16H20F2N2O3/c1-10(3-2-8-21)19-15(22)12-6-7-20(16(12)23)11-4-5-13(17)14(18)9-11/h4-5,9-10,12,21H,2-3,6-8H2,1H3,(H,19,22). The molecule has 0 spiro atoms. The Morgan fingerprint density at radius 3 is 2.83 bits per heavy atom. The van der Waals surface area contributed by atoms with E-state index in [1.807, 2.05) is 0 Å². The van der Waals surface area contributed by atoms with Gasteiger partial charge in [-0.05, 0) is 38.3 Å². The molecule has 1 aromatic rings. The quantitative estimate of drug-likeness (QED) is 0.780. The summed E-state index contributed by atoms with van der Waals surface area (Å²) in [7, 11) is 0. The average molecular weight is 326 g/mol. The van der Waals surface area contributed by atoms with Crippen molar-refractivity contribution in [1.29, 1.82) is 0 Å². The second kappa shape index (κ2) is 7.50. The lowest BCUT2D eigenvalue weighted by molar-refractivity contribution is -0.132. The molecule has 23 heavy (non-hydrogen) atoms. The number of aliphatic hydroxyl groups excluding tert-OH is 1. The van der Waals surface area contributed by atoms with Gasteiger partial charge in [0.1, 0.15) is 5.92 Å². The van der Waals surface area contributed by atoms with Crippen LogP contribution in [0.3, 0.4) is 0 Å². The lowest BCUT2D eigenvalue weighted by Crippen LogP contribution is -2.41. The number of amides is 2. The number of rotatable bonds is 6. The minimum Gasteiger partial charge on any atom is -0.396 e. The van der Waals surface area contributed by atoms with E-state index in [1.54, 1.807) is 6.92 Å². The Kier molecular flexibility index (Phi) is 5.65. The van der Waals surface area contributed by atoms with Gasteiger partial charge in [-0.25, -0.2) is 8.78 Å². The molecule has 1 saturated heterocycles. The van der Waals surface area contributed by atoms with Gasteiger partial charge in [-0.1, -0.05) is 0 Å². The zero-order valence-corrected chi connectivity index (χ0v) is 12.9. The van der Waals surface area contributed by atoms with E-state index in [0.29, 0.717) is 19.3 Å². The minimum atomic E-state index is -1.03. The molecule has 2 unspecified atom stereocenters. The molecule has 0 aromatic heterocycles. The molecule has 0 radical (unpaired) electrons. The molecule has 0 saturated carbocycles. The van der Waals surface area contributed by atoms with E-state index >= 15 is 0 Å². The lowest BCUT2D eigenvalue weighted by atomic mass is 10.1. The van der Waals surface area contributed by atoms with E-state index in [1.165, 1.54) is 11.0 Å². The second-order valence-corrected chi connectivity index (χ2v) is 5.71. The largest absolute Gasteiger partial charge is 0.396 e. The molecule has 2 amide bonds. The fraction of sp³-hybridized carbons (Fsp3) is 0.500. The van der Waals surface area contributed by atoms with E-state index in [4.69, 9.17) is 5.11 Å². The first kappa shape index (κ1) is 17.3. The Hall–Kier alpha value is -2.02. The maximum absolute atomic E-state index is 13.3. The summed E-state index contributed by atoms with van der Waals surface area (Å²) in [5.41, 5.74) is 0.248. The fourth-order valence-corrected chi connectivity index (χ4v) is 2.65. The van der Waals surface area contributed by atoms with Gasteiger partial charge in [-0.15, -0.1) is 0 Å². The SMILES string of the molecule is CC(CCCO)NC(=O)C1CCN(c2ccc(F)c(F)c2)C1=O. The van der Waals surface area contributed by atoms with Gasteiger partial charge in [-0.3, -0.25) is 9.59 Å². The maximum Gasteiger partial charge on any atom is 0.239 e. The molecule has 0 aliphatic carbocycles. The summed E-state index contributed by atoms with van der Waals surface area (Å²) < 4.78 is 26.3. The number of anilines is 1. The van der Waals surface area contributed by atoms with E-state index in [2.05, 4.69) is 5.32 Å². The molecule has 1 fully saturated rings. The maximum atomic E-state index is 13.3. The molecular formula is C16H20F2N2O3. The third-order valence-corrected chi connectivity index (χ3v) is 3.92. The Balaban J connectivity index is 2.00. The minimum absolute atomic E-state index is 0.0481. The van der Waals surface area contributed by atoms with Crippen LogP contribution < -0.4 is 10.2 Å². The third kappa shape index (κ3) is 4.04. The van der Waals surface area contributed by atoms with Crippen molar-refractivity contribution in [2.24, 2.45) is 5.92 Å². The molecule has 1 aromatic carbocycles. The highest BCUT2D eigenvalue weighted by Crippen LogP contribution is 2.26. The normalized spacial score (nSPS) is 19.0. The molecule has 2 rings (SSSR count). The Bertz CT molecular complexity index is 595. The summed E-state index contributed by atoms with van der Waals surface area (Å²) in [6, 6.07) is 3.10. The molecule has 126 valence electrons. The first-order chi connectivity index (χ1) is 10.9. The van der Waals surface area contributed by atoms with Crippen LogP contribution in [0.15, 0.2) is 18.2 Å². The second-order valence-electron chi connectivity index (χ2n) is 5.71. The average Bonchev–Trinajstić information content (AvgIpc) is 2.89. The van der Waals surface area contributed by atoms with E-state index in [9.17, 15) is 18.4 Å². The number of carbonyl (C=O) groups is 2. The van der Waals surface area contributed by atoms with Gasteiger partial charge < -0.3 is 15.3 Å². The zero-order valence-electron chi connectivity index (χ0n) is 12.9. The van der Waals surface area contributed by atoms with Crippen LogP contribution in [0.2, 0.25) is 0 Å². The number of halogens is 2. The first-order valence-electron chi connectivity index (χ1n) is 7.61. The molecule has 1 aliphatic rings. The summed E-state index contributed by atoms with van der Waals surface area (Å²) in [5, 5.41) is 11.5. The van der Waals surface area contributed by atoms with Crippen molar-refractivity contribution >= 4 is 17.5 Å². The predicted molar refractivity (Wildman–Crippen MR) is 80.7 cm³/mol. The molecule has 2 N–H and O–H groups in total. The van der Waals surface area contributed by atoms with Crippen LogP contribution in [0.4, 0.5) is 14.5 Å². The van der Waals surface area contributed by atoms with Gasteiger partial charge in [0, 0.05) is 30.9 Å². The van der Waals surface area contributed by atoms with Crippen molar-refractivity contribution in [3.63, 3.8) is 0 Å². The van der Waals surface area contributed by atoms with Gasteiger partial charge >= 0.3 is 0 Å². The van der Waals surface area contributed by atoms with Crippen LogP contribution >= 0.6 is 0 Å². The van der Waals surface area contributed by atoms with Crippen LogP contribution in [0.1, 0.15) is 26.2 Å². The van der Waals surface area contributed by atoms with Gasteiger partial charge in [0.25, 0.3) is 0 Å². The zero-order chi connectivity index (χ0) is 17.0. The molecular weight excluding hydrogens is 306 g/mol. The van der Waals surface area contributed by atoms with E-state index < -0.39 is 23.5 Å². The molecule has 7 heteroatoms. The monoisotopic (exact) mass is 326 g/mol. The highest BCUT2D eigenvalue weighted by Gasteiger charge is 2.38. The summed E-state index contributed by atoms with van der Waals surface area (Å²) in [6.07, 6.45) is 1.52. The van der Waals surface area contributed by atoms with Gasteiger partial charge in [0.15, 0.2) is 11.6 Å². The lowest BCUT2D eigenvalue weighted by Gasteiger charge is -2.18. The topological polar surface area (TPSA) is 69.6 Å². The number of benzene rings is 1. The molecule has 5 nitrogen and oxygen atoms in total. The van der Waals surface area contributed by atoms with Crippen molar-refractivity contribution in [3.05, 3.63) is 29.8 Å². The van der Waals surface area contributed by atoms with E-state index in [-0.39, 0.29) is 30.8 Å². The van der Waals surface area contributed by atoms with Crippen molar-refractivity contribution in [2.45, 2.75) is 32.2 Å². The van der Waals surface area contributed by atoms with Crippen molar-refractivity contribution < 1.29 is 23.5 Å². The van der Waals surface area contributed by atoms with Crippen molar-refractivity contribution in [1.82, 2.24) is 5.32 Å². The Morgan fingerprint density at radius 2 is 2.17 bits per heavy atom. The van der Waals surface area contributed by atoms with Crippen LogP contribution in [-0.4, -0.2) is 36.1 Å². The van der Waals surface area contributed by atoms with Gasteiger partial charge in [-0.2, -0.15) is 0 Å². The predicted octanol–water partition coefficient (Wildman–Crippen LogP) is 1.59. The van der Waals surface area contributed by atoms with Gasteiger partial charge in [0.2, 0.25) is 11.8 Å². The molecule has 2 atom stereocenters. The highest BCUT2D eigenvalue weighted by atomic mass is 19.2. The number of carbonyl (C=O) groups excluding carboxylic acids is 2. The van der Waals surface area contributed by atoms with Crippen LogP contribution in [0.5, 0.6) is 0 Å². The summed E-state index contributed by atoms with van der Waals surface area (Å²) in [5.74, 6) is -3.61. The summed E-state index contributed by atoms with van der Waals surface area (Å²) in [4.78, 5) is 25.8. The van der Waals surface area contributed by atoms with Crippen molar-refractivity contribution in [2.75, 3.05) is 18.1 Å². The summed E-state index contributed by atoms with van der Waals surface area (Å²) in [6.45, 7) is 2.14. The smallest absolute Gasteiger partial charge is 0.239 e. The highest BCUT2D eigenvalue weighted by molar-refractivity contribution is 6.09. The van der Waals surface area contributed by atoms with E-state index in [0.717, 1.165) is 12.1 Å². The number of aliphatic hydroxyl groups is 1. The number of nitrogens with zero attached hydrogens (tertiary/aromatic N) is 1. The van der Waals surface area contributed by atoms with Crippen molar-refractivity contribution in [3.8, 4) is 0 Å². The third-order valence-electron chi connectivity index (χ3n) is 3.92. The molecule has 1 heterocycles. The van der Waals surface area contributed by atoms with Crippen LogP contribution in [-0.2, 0) is 9.59 Å².